The van der Waals surface area contributed by atoms with Crippen LogP contribution in [0.2, 0.25) is 5.02 Å². The SMILES string of the molecule is CCc1cccc(CC)c1NC(=O)c1cc(NS(=O)(=O)c2ccc(C)cc2)ccc1Cl. The van der Waals surface area contributed by atoms with Crippen LogP contribution in [0.5, 0.6) is 0 Å². The predicted molar refractivity (Wildman–Crippen MR) is 127 cm³/mol. The highest BCUT2D eigenvalue weighted by molar-refractivity contribution is 7.92. The second-order valence-corrected chi connectivity index (χ2v) is 9.32. The smallest absolute Gasteiger partial charge is 0.261 e. The zero-order valence-corrected chi connectivity index (χ0v) is 19.3. The Labute approximate surface area is 188 Å². The number of halogens is 1. The number of aryl methyl sites for hydroxylation is 3. The molecular weight excluding hydrogens is 432 g/mol. The highest BCUT2D eigenvalue weighted by atomic mass is 35.5. The van der Waals surface area contributed by atoms with E-state index in [-0.39, 0.29) is 21.2 Å². The van der Waals surface area contributed by atoms with Gasteiger partial charge in [0.1, 0.15) is 0 Å². The predicted octanol–water partition coefficient (Wildman–Crippen LogP) is 5.83. The third-order valence-corrected chi connectivity index (χ3v) is 6.76. The first-order chi connectivity index (χ1) is 14.7. The van der Waals surface area contributed by atoms with Gasteiger partial charge >= 0.3 is 0 Å². The number of hydrogen-bond acceptors (Lipinski definition) is 3. The summed E-state index contributed by atoms with van der Waals surface area (Å²) in [5, 5.41) is 3.20. The zero-order valence-electron chi connectivity index (χ0n) is 17.7. The van der Waals surface area contributed by atoms with Crippen LogP contribution in [-0.4, -0.2) is 14.3 Å². The van der Waals surface area contributed by atoms with E-state index in [1.54, 1.807) is 12.1 Å². The number of carbonyl (C=O) groups excluding carboxylic acids is 1. The lowest BCUT2D eigenvalue weighted by molar-refractivity contribution is 0.102. The van der Waals surface area contributed by atoms with Crippen molar-refractivity contribution in [3.05, 3.63) is 87.9 Å². The molecule has 0 bridgehead atoms. The van der Waals surface area contributed by atoms with Gasteiger partial charge in [0.15, 0.2) is 0 Å². The Kier molecular flexibility index (Phi) is 7.03. The Hall–Kier alpha value is -2.83. The van der Waals surface area contributed by atoms with Gasteiger partial charge in [-0.3, -0.25) is 9.52 Å². The first-order valence-corrected chi connectivity index (χ1v) is 11.9. The summed E-state index contributed by atoms with van der Waals surface area (Å²) in [6.45, 7) is 5.93. The van der Waals surface area contributed by atoms with E-state index < -0.39 is 15.9 Å². The molecule has 3 aromatic carbocycles. The largest absolute Gasteiger partial charge is 0.321 e. The van der Waals surface area contributed by atoms with E-state index in [9.17, 15) is 13.2 Å². The summed E-state index contributed by atoms with van der Waals surface area (Å²) in [6.07, 6.45) is 1.54. The van der Waals surface area contributed by atoms with Crippen molar-refractivity contribution >= 4 is 38.9 Å². The van der Waals surface area contributed by atoms with Gasteiger partial charge in [0, 0.05) is 11.4 Å². The van der Waals surface area contributed by atoms with E-state index in [4.69, 9.17) is 11.6 Å². The van der Waals surface area contributed by atoms with Gasteiger partial charge in [0.25, 0.3) is 15.9 Å². The van der Waals surface area contributed by atoms with Crippen molar-refractivity contribution in [3.8, 4) is 0 Å². The van der Waals surface area contributed by atoms with Gasteiger partial charge in [-0.1, -0.05) is 61.3 Å². The quantitative estimate of drug-likeness (QED) is 0.470. The molecule has 0 fully saturated rings. The summed E-state index contributed by atoms with van der Waals surface area (Å²) in [6, 6.07) is 16.9. The topological polar surface area (TPSA) is 75.3 Å². The summed E-state index contributed by atoms with van der Waals surface area (Å²) < 4.78 is 27.9. The summed E-state index contributed by atoms with van der Waals surface area (Å²) in [4.78, 5) is 13.2. The van der Waals surface area contributed by atoms with Gasteiger partial charge < -0.3 is 5.32 Å². The first-order valence-electron chi connectivity index (χ1n) is 10.1. The van der Waals surface area contributed by atoms with Gasteiger partial charge in [-0.2, -0.15) is 0 Å². The van der Waals surface area contributed by atoms with E-state index in [2.05, 4.69) is 10.0 Å². The molecular formula is C24H25ClN2O3S. The van der Waals surface area contributed by atoms with E-state index in [1.807, 2.05) is 39.0 Å². The summed E-state index contributed by atoms with van der Waals surface area (Å²) in [5.74, 6) is -0.392. The number of amides is 1. The maximum absolute atomic E-state index is 13.0. The molecule has 0 atom stereocenters. The van der Waals surface area contributed by atoms with Gasteiger partial charge in [0.2, 0.25) is 0 Å². The van der Waals surface area contributed by atoms with Crippen molar-refractivity contribution in [2.45, 2.75) is 38.5 Å². The standard InChI is InChI=1S/C24H25ClN2O3S/c1-4-17-7-6-8-18(5-2)23(17)26-24(28)21-15-19(11-14-22(21)25)27-31(29,30)20-12-9-16(3)10-13-20/h6-15,27H,4-5H2,1-3H3,(H,26,28). The molecule has 5 nitrogen and oxygen atoms in total. The molecule has 3 rings (SSSR count). The molecule has 7 heteroatoms. The maximum atomic E-state index is 13.0. The molecule has 31 heavy (non-hydrogen) atoms. The number of anilines is 2. The minimum atomic E-state index is -3.79. The maximum Gasteiger partial charge on any atom is 0.261 e. The van der Waals surface area contributed by atoms with Crippen LogP contribution in [0, 0.1) is 6.92 Å². The zero-order chi connectivity index (χ0) is 22.6. The summed E-state index contributed by atoms with van der Waals surface area (Å²) >= 11 is 6.27. The van der Waals surface area contributed by atoms with E-state index in [0.29, 0.717) is 0 Å². The van der Waals surface area contributed by atoms with Crippen LogP contribution in [0.3, 0.4) is 0 Å². The molecule has 0 saturated carbocycles. The lowest BCUT2D eigenvalue weighted by atomic mass is 10.0. The average Bonchev–Trinajstić information content (AvgIpc) is 2.75. The molecule has 1 amide bonds. The molecule has 0 spiro atoms. The number of benzene rings is 3. The fraction of sp³-hybridized carbons (Fsp3) is 0.208. The summed E-state index contributed by atoms with van der Waals surface area (Å²) in [5.41, 5.74) is 4.25. The fourth-order valence-electron chi connectivity index (χ4n) is 3.28. The number of rotatable bonds is 7. The van der Waals surface area contributed by atoms with Gasteiger partial charge in [0.05, 0.1) is 15.5 Å². The van der Waals surface area contributed by atoms with Crippen LogP contribution < -0.4 is 10.0 Å². The second-order valence-electron chi connectivity index (χ2n) is 7.23. The number of nitrogens with one attached hydrogen (secondary N) is 2. The molecule has 2 N–H and O–H groups in total. The van der Waals surface area contributed by atoms with Crippen molar-refractivity contribution in [2.24, 2.45) is 0 Å². The lowest BCUT2D eigenvalue weighted by Crippen LogP contribution is -2.17. The number of para-hydroxylation sites is 1. The Morgan fingerprint density at radius 1 is 0.935 bits per heavy atom. The lowest BCUT2D eigenvalue weighted by Gasteiger charge is -2.16. The van der Waals surface area contributed by atoms with Crippen LogP contribution in [0.15, 0.2) is 65.6 Å². The Balaban J connectivity index is 1.90. The van der Waals surface area contributed by atoms with Crippen LogP contribution in [-0.2, 0) is 22.9 Å². The minimum absolute atomic E-state index is 0.142. The number of hydrogen-bond donors (Lipinski definition) is 2. The summed E-state index contributed by atoms with van der Waals surface area (Å²) in [7, 11) is -3.79. The van der Waals surface area contributed by atoms with Gasteiger partial charge in [-0.25, -0.2) is 8.42 Å². The normalized spacial score (nSPS) is 11.2. The molecule has 3 aromatic rings. The Morgan fingerprint density at radius 2 is 1.55 bits per heavy atom. The fourth-order valence-corrected chi connectivity index (χ4v) is 4.53. The second kappa shape index (κ2) is 9.54. The monoisotopic (exact) mass is 456 g/mol. The van der Waals surface area contributed by atoms with Crippen LogP contribution in [0.25, 0.3) is 0 Å². The molecule has 0 aromatic heterocycles. The highest BCUT2D eigenvalue weighted by Gasteiger charge is 2.18. The molecule has 0 saturated heterocycles. The first kappa shape index (κ1) is 22.8. The van der Waals surface area contributed by atoms with E-state index >= 15 is 0 Å². The molecule has 0 aliphatic carbocycles. The van der Waals surface area contributed by atoms with Gasteiger partial charge in [-0.05, 0) is 61.2 Å². The van der Waals surface area contributed by atoms with Crippen molar-refractivity contribution < 1.29 is 13.2 Å². The van der Waals surface area contributed by atoms with E-state index in [0.717, 1.165) is 35.2 Å². The molecule has 0 radical (unpaired) electrons. The molecule has 0 aliphatic heterocycles. The van der Waals surface area contributed by atoms with Gasteiger partial charge in [-0.15, -0.1) is 0 Å². The van der Waals surface area contributed by atoms with Crippen LogP contribution in [0.4, 0.5) is 11.4 Å². The third-order valence-electron chi connectivity index (χ3n) is 5.03. The molecule has 0 aliphatic rings. The highest BCUT2D eigenvalue weighted by Crippen LogP contribution is 2.27. The van der Waals surface area contributed by atoms with Crippen LogP contribution >= 0.6 is 11.6 Å². The van der Waals surface area contributed by atoms with Crippen LogP contribution in [0.1, 0.15) is 40.9 Å². The average molecular weight is 457 g/mol. The Bertz CT molecular complexity index is 1180. The Morgan fingerprint density at radius 3 is 2.13 bits per heavy atom. The van der Waals surface area contributed by atoms with Crippen molar-refractivity contribution in [3.63, 3.8) is 0 Å². The van der Waals surface area contributed by atoms with E-state index in [1.165, 1.54) is 30.3 Å². The van der Waals surface area contributed by atoms with Crippen molar-refractivity contribution in [1.29, 1.82) is 0 Å². The van der Waals surface area contributed by atoms with Crippen molar-refractivity contribution in [2.75, 3.05) is 10.0 Å². The molecule has 0 unspecified atom stereocenters. The van der Waals surface area contributed by atoms with Crippen molar-refractivity contribution in [1.82, 2.24) is 0 Å². The molecule has 0 heterocycles. The number of carbonyl (C=O) groups is 1. The number of sulfonamides is 1. The minimum Gasteiger partial charge on any atom is -0.321 e. The third kappa shape index (κ3) is 5.27. The molecule has 162 valence electrons.